The summed E-state index contributed by atoms with van der Waals surface area (Å²) >= 11 is 0. The number of ether oxygens (including phenoxy) is 1. The van der Waals surface area contributed by atoms with Gasteiger partial charge in [0.25, 0.3) is 0 Å². The molecule has 4 rings (SSSR count). The highest BCUT2D eigenvalue weighted by Crippen LogP contribution is 2.44. The Bertz CT molecular complexity index is 1050. The molecule has 2 unspecified atom stereocenters. The number of aliphatic carboxylic acids is 1. The van der Waals surface area contributed by atoms with Gasteiger partial charge < -0.3 is 25.6 Å². The molecule has 0 spiro atoms. The van der Waals surface area contributed by atoms with Crippen LogP contribution in [0.5, 0.6) is 0 Å². The fourth-order valence-corrected chi connectivity index (χ4v) is 4.92. The molecule has 0 aliphatic heterocycles. The molecule has 0 heterocycles. The second-order valence-corrected chi connectivity index (χ2v) is 9.82. The summed E-state index contributed by atoms with van der Waals surface area (Å²) in [6.07, 6.45) is 1.88. The third-order valence-corrected chi connectivity index (χ3v) is 6.97. The number of fused-ring (bicyclic) bond motifs is 3. The minimum Gasteiger partial charge on any atom is -0.481 e. The zero-order chi connectivity index (χ0) is 25.0. The first-order chi connectivity index (χ1) is 16.7. The van der Waals surface area contributed by atoms with Crippen LogP contribution in [0.25, 0.3) is 11.1 Å². The quantitative estimate of drug-likeness (QED) is 0.413. The van der Waals surface area contributed by atoms with E-state index < -0.39 is 24.1 Å². The second-order valence-electron chi connectivity index (χ2n) is 9.82. The van der Waals surface area contributed by atoms with E-state index in [1.165, 1.54) is 6.92 Å². The number of hydrogen-bond acceptors (Lipinski definition) is 5. The molecule has 1 saturated carbocycles. The molecule has 2 amide bonds. The lowest BCUT2D eigenvalue weighted by Gasteiger charge is -2.34. The van der Waals surface area contributed by atoms with Crippen LogP contribution >= 0.6 is 0 Å². The topological polar surface area (TPSA) is 125 Å². The number of amides is 2. The molecule has 1 fully saturated rings. The van der Waals surface area contributed by atoms with Gasteiger partial charge in [-0.2, -0.15) is 0 Å². The van der Waals surface area contributed by atoms with Crippen LogP contribution in [0.1, 0.15) is 56.1 Å². The number of nitrogens with one attached hydrogen (secondary N) is 2. The molecule has 8 heteroatoms. The van der Waals surface area contributed by atoms with Gasteiger partial charge in [0.15, 0.2) is 0 Å². The van der Waals surface area contributed by atoms with Gasteiger partial charge in [-0.3, -0.25) is 9.59 Å². The van der Waals surface area contributed by atoms with Gasteiger partial charge in [0.1, 0.15) is 6.61 Å². The van der Waals surface area contributed by atoms with Gasteiger partial charge in [0.2, 0.25) is 5.91 Å². The van der Waals surface area contributed by atoms with Gasteiger partial charge in [0.05, 0.1) is 12.0 Å². The zero-order valence-corrected chi connectivity index (χ0v) is 19.8. The van der Waals surface area contributed by atoms with Crippen LogP contribution in [-0.2, 0) is 14.3 Å². The lowest BCUT2D eigenvalue weighted by molar-refractivity contribution is -0.142. The SMILES string of the molecule is CC(O)(CNC(=O)CC(NC(=O)OCC1c2ccccc2-c2ccccc21)C1CCC1)CC(=O)O. The maximum Gasteiger partial charge on any atom is 0.407 e. The van der Waals surface area contributed by atoms with Crippen LogP contribution in [0.4, 0.5) is 4.79 Å². The Labute approximate surface area is 204 Å². The van der Waals surface area contributed by atoms with E-state index in [0.29, 0.717) is 0 Å². The molecule has 0 radical (unpaired) electrons. The van der Waals surface area contributed by atoms with Crippen molar-refractivity contribution in [2.24, 2.45) is 5.92 Å². The van der Waals surface area contributed by atoms with Crippen molar-refractivity contribution in [1.29, 1.82) is 0 Å². The van der Waals surface area contributed by atoms with Crippen LogP contribution in [0.2, 0.25) is 0 Å². The lowest BCUT2D eigenvalue weighted by Crippen LogP contribution is -2.48. The third-order valence-electron chi connectivity index (χ3n) is 6.97. The molecule has 2 aromatic carbocycles. The normalized spacial score (nSPS) is 17.3. The van der Waals surface area contributed by atoms with Gasteiger partial charge in [0, 0.05) is 24.9 Å². The first kappa shape index (κ1) is 24.7. The zero-order valence-electron chi connectivity index (χ0n) is 19.8. The molecule has 0 saturated heterocycles. The summed E-state index contributed by atoms with van der Waals surface area (Å²) < 4.78 is 5.64. The second kappa shape index (κ2) is 10.5. The number of carboxylic acid groups (broad SMARTS) is 1. The molecule has 2 atom stereocenters. The van der Waals surface area contributed by atoms with Crippen molar-refractivity contribution < 1.29 is 29.3 Å². The molecule has 2 aromatic rings. The Morgan fingerprint density at radius 3 is 2.20 bits per heavy atom. The minimum atomic E-state index is -1.55. The van der Waals surface area contributed by atoms with Gasteiger partial charge >= 0.3 is 12.1 Å². The number of benzene rings is 2. The highest BCUT2D eigenvalue weighted by molar-refractivity contribution is 5.80. The summed E-state index contributed by atoms with van der Waals surface area (Å²) in [5.41, 5.74) is 3.02. The van der Waals surface area contributed by atoms with Crippen LogP contribution < -0.4 is 10.6 Å². The smallest absolute Gasteiger partial charge is 0.407 e. The van der Waals surface area contributed by atoms with E-state index in [-0.39, 0.29) is 43.4 Å². The molecule has 8 nitrogen and oxygen atoms in total. The third kappa shape index (κ3) is 6.00. The highest BCUT2D eigenvalue weighted by Gasteiger charge is 2.33. The number of aliphatic hydroxyl groups is 1. The Morgan fingerprint density at radius 1 is 1.06 bits per heavy atom. The Balaban J connectivity index is 1.33. The van der Waals surface area contributed by atoms with Crippen molar-refractivity contribution in [3.05, 3.63) is 59.7 Å². The van der Waals surface area contributed by atoms with Crippen molar-refractivity contribution >= 4 is 18.0 Å². The van der Waals surface area contributed by atoms with Crippen molar-refractivity contribution in [2.75, 3.05) is 13.2 Å². The minimum absolute atomic E-state index is 0.0397. The standard InChI is InChI=1S/C27H32N2O6/c1-27(34,14-25(31)32)16-28-24(30)13-23(17-7-6-8-17)29-26(33)35-15-22-20-11-4-2-9-18(20)19-10-3-5-12-21(19)22/h2-5,9-12,17,22-23,34H,6-8,13-16H2,1H3,(H,28,30)(H,29,33)(H,31,32). The number of carbonyl (C=O) groups excluding carboxylic acids is 2. The molecular weight excluding hydrogens is 448 g/mol. The lowest BCUT2D eigenvalue weighted by atomic mass is 9.78. The van der Waals surface area contributed by atoms with Gasteiger partial charge in [-0.15, -0.1) is 0 Å². The molecule has 35 heavy (non-hydrogen) atoms. The molecule has 0 aromatic heterocycles. The van der Waals surface area contributed by atoms with Crippen molar-refractivity contribution in [3.8, 4) is 11.1 Å². The number of carboxylic acids is 1. The predicted octanol–water partition coefficient (Wildman–Crippen LogP) is 3.43. The summed E-state index contributed by atoms with van der Waals surface area (Å²) in [6, 6.07) is 15.9. The van der Waals surface area contributed by atoms with Crippen LogP contribution in [-0.4, -0.2) is 53.0 Å². The number of carbonyl (C=O) groups is 3. The fraction of sp³-hybridized carbons (Fsp3) is 0.444. The maximum atomic E-state index is 12.7. The van der Waals surface area contributed by atoms with E-state index in [2.05, 4.69) is 34.9 Å². The van der Waals surface area contributed by atoms with Crippen LogP contribution in [0.3, 0.4) is 0 Å². The monoisotopic (exact) mass is 480 g/mol. The molecule has 0 bridgehead atoms. The molecule has 4 N–H and O–H groups in total. The van der Waals surface area contributed by atoms with Crippen LogP contribution in [0.15, 0.2) is 48.5 Å². The van der Waals surface area contributed by atoms with Crippen molar-refractivity contribution in [3.63, 3.8) is 0 Å². The Kier molecular flexibility index (Phi) is 7.40. The summed E-state index contributed by atoms with van der Waals surface area (Å²) in [5.74, 6) is -1.36. The summed E-state index contributed by atoms with van der Waals surface area (Å²) in [7, 11) is 0. The van der Waals surface area contributed by atoms with E-state index in [4.69, 9.17) is 9.84 Å². The molecule has 2 aliphatic rings. The first-order valence-corrected chi connectivity index (χ1v) is 12.1. The predicted molar refractivity (Wildman–Crippen MR) is 130 cm³/mol. The van der Waals surface area contributed by atoms with Gasteiger partial charge in [-0.05, 0) is 47.9 Å². The van der Waals surface area contributed by atoms with E-state index in [0.717, 1.165) is 41.5 Å². The van der Waals surface area contributed by atoms with Crippen LogP contribution in [0, 0.1) is 5.92 Å². The number of hydrogen-bond donors (Lipinski definition) is 4. The Hall–Kier alpha value is -3.39. The number of rotatable bonds is 10. The molecule has 2 aliphatic carbocycles. The summed E-state index contributed by atoms with van der Waals surface area (Å²) in [4.78, 5) is 36.1. The molecular formula is C27H32N2O6. The van der Waals surface area contributed by atoms with E-state index in [1.807, 2.05) is 24.3 Å². The fourth-order valence-electron chi connectivity index (χ4n) is 4.92. The maximum absolute atomic E-state index is 12.7. The van der Waals surface area contributed by atoms with E-state index >= 15 is 0 Å². The largest absolute Gasteiger partial charge is 0.481 e. The van der Waals surface area contributed by atoms with Gasteiger partial charge in [-0.25, -0.2) is 4.79 Å². The molecule has 186 valence electrons. The van der Waals surface area contributed by atoms with E-state index in [1.54, 1.807) is 0 Å². The van der Waals surface area contributed by atoms with Gasteiger partial charge in [-0.1, -0.05) is 55.0 Å². The van der Waals surface area contributed by atoms with Crippen molar-refractivity contribution in [2.45, 2.75) is 56.6 Å². The van der Waals surface area contributed by atoms with E-state index in [9.17, 15) is 19.5 Å². The average molecular weight is 481 g/mol. The number of alkyl carbamates (subject to hydrolysis) is 1. The summed E-state index contributed by atoms with van der Waals surface area (Å²) in [6.45, 7) is 1.38. The summed E-state index contributed by atoms with van der Waals surface area (Å²) in [5, 5.41) is 24.4. The first-order valence-electron chi connectivity index (χ1n) is 12.1. The highest BCUT2D eigenvalue weighted by atomic mass is 16.5. The average Bonchev–Trinajstić information content (AvgIpc) is 3.08. The van der Waals surface area contributed by atoms with Crippen molar-refractivity contribution in [1.82, 2.24) is 10.6 Å². The Morgan fingerprint density at radius 2 is 1.66 bits per heavy atom.